The highest BCUT2D eigenvalue weighted by molar-refractivity contribution is 5.83. The van der Waals surface area contributed by atoms with Crippen LogP contribution in [0.3, 0.4) is 0 Å². The van der Waals surface area contributed by atoms with E-state index in [1.807, 2.05) is 18.2 Å². The van der Waals surface area contributed by atoms with Gasteiger partial charge < -0.3 is 14.2 Å². The Balaban J connectivity index is 1.50. The molecule has 1 atom stereocenters. The van der Waals surface area contributed by atoms with Gasteiger partial charge in [0.05, 0.1) is 19.8 Å². The van der Waals surface area contributed by atoms with Crippen molar-refractivity contribution in [3.05, 3.63) is 42.5 Å². The molecule has 0 radical (unpaired) electrons. The second-order valence-corrected chi connectivity index (χ2v) is 4.39. The number of hydrogen-bond donors (Lipinski definition) is 0. The van der Waals surface area contributed by atoms with Crippen molar-refractivity contribution in [1.29, 1.82) is 0 Å². The first kappa shape index (κ1) is 11.5. The van der Waals surface area contributed by atoms with Gasteiger partial charge in [-0.1, -0.05) is 30.3 Å². The van der Waals surface area contributed by atoms with Crippen molar-refractivity contribution in [3.8, 4) is 5.75 Å². The molecule has 1 fully saturated rings. The maximum Gasteiger partial charge on any atom is 0.120 e. The van der Waals surface area contributed by atoms with Crippen molar-refractivity contribution in [1.82, 2.24) is 0 Å². The maximum absolute atomic E-state index is 5.65. The first-order valence-electron chi connectivity index (χ1n) is 6.23. The first-order valence-corrected chi connectivity index (χ1v) is 6.23. The third kappa shape index (κ3) is 3.00. The zero-order chi connectivity index (χ0) is 12.2. The lowest BCUT2D eigenvalue weighted by atomic mass is 10.1. The van der Waals surface area contributed by atoms with Crippen molar-refractivity contribution >= 4 is 10.8 Å². The molecular formula is C15H16O3. The van der Waals surface area contributed by atoms with Crippen molar-refractivity contribution in [2.24, 2.45) is 0 Å². The van der Waals surface area contributed by atoms with Crippen LogP contribution in [0.15, 0.2) is 42.5 Å². The average molecular weight is 244 g/mol. The fourth-order valence-corrected chi connectivity index (χ4v) is 1.85. The fraction of sp³-hybridized carbons (Fsp3) is 0.333. The molecule has 3 heteroatoms. The van der Waals surface area contributed by atoms with Gasteiger partial charge in [0.25, 0.3) is 0 Å². The zero-order valence-corrected chi connectivity index (χ0v) is 10.2. The summed E-state index contributed by atoms with van der Waals surface area (Å²) < 4.78 is 16.1. The Hall–Kier alpha value is -1.58. The molecule has 94 valence electrons. The maximum atomic E-state index is 5.65. The summed E-state index contributed by atoms with van der Waals surface area (Å²) in [6.45, 7) is 2.70. The number of hydrogen-bond acceptors (Lipinski definition) is 3. The predicted molar refractivity (Wildman–Crippen MR) is 70.0 cm³/mol. The molecule has 3 rings (SSSR count). The molecule has 0 amide bonds. The highest BCUT2D eigenvalue weighted by Crippen LogP contribution is 2.20. The molecule has 1 saturated heterocycles. The minimum absolute atomic E-state index is 0.325. The van der Waals surface area contributed by atoms with Crippen LogP contribution in [0.4, 0.5) is 0 Å². The Morgan fingerprint density at radius 3 is 2.72 bits per heavy atom. The van der Waals surface area contributed by atoms with Crippen LogP contribution >= 0.6 is 0 Å². The van der Waals surface area contributed by atoms with Gasteiger partial charge in [0.2, 0.25) is 0 Å². The molecule has 0 aromatic heterocycles. The number of ether oxygens (including phenoxy) is 3. The van der Waals surface area contributed by atoms with Crippen LogP contribution in [0.2, 0.25) is 0 Å². The third-order valence-corrected chi connectivity index (χ3v) is 2.92. The van der Waals surface area contributed by atoms with E-state index in [0.717, 1.165) is 12.4 Å². The summed E-state index contributed by atoms with van der Waals surface area (Å²) in [6.07, 6.45) is 0.325. The van der Waals surface area contributed by atoms with E-state index in [1.165, 1.54) is 10.8 Å². The molecule has 0 bridgehead atoms. The standard InChI is InChI=1S/C15H16O3/c1-2-4-13-9-14(6-5-12(13)3-1)17-8-7-16-10-15-11-18-15/h1-6,9,15H,7-8,10-11H2. The molecule has 18 heavy (non-hydrogen) atoms. The van der Waals surface area contributed by atoms with Gasteiger partial charge in [0.15, 0.2) is 0 Å². The van der Waals surface area contributed by atoms with E-state index in [1.54, 1.807) is 0 Å². The summed E-state index contributed by atoms with van der Waals surface area (Å²) in [5, 5.41) is 2.43. The smallest absolute Gasteiger partial charge is 0.120 e. The molecule has 1 unspecified atom stereocenters. The van der Waals surface area contributed by atoms with Crippen molar-refractivity contribution in [2.75, 3.05) is 26.4 Å². The molecule has 1 heterocycles. The Kier molecular flexibility index (Phi) is 3.44. The molecule has 0 aliphatic carbocycles. The van der Waals surface area contributed by atoms with Gasteiger partial charge in [-0.3, -0.25) is 0 Å². The molecule has 0 N–H and O–H groups in total. The second kappa shape index (κ2) is 5.38. The van der Waals surface area contributed by atoms with E-state index in [0.29, 0.717) is 25.9 Å². The van der Waals surface area contributed by atoms with Gasteiger partial charge in [-0.2, -0.15) is 0 Å². The Bertz CT molecular complexity index is 520. The van der Waals surface area contributed by atoms with Crippen molar-refractivity contribution in [3.63, 3.8) is 0 Å². The van der Waals surface area contributed by atoms with Gasteiger partial charge in [0, 0.05) is 0 Å². The lowest BCUT2D eigenvalue weighted by molar-refractivity contribution is 0.0879. The Morgan fingerprint density at radius 2 is 1.89 bits per heavy atom. The highest BCUT2D eigenvalue weighted by atomic mass is 16.6. The number of fused-ring (bicyclic) bond motifs is 1. The summed E-state index contributed by atoms with van der Waals surface area (Å²) >= 11 is 0. The average Bonchev–Trinajstić information content (AvgIpc) is 3.22. The van der Waals surface area contributed by atoms with E-state index in [-0.39, 0.29) is 0 Å². The number of epoxide rings is 1. The van der Waals surface area contributed by atoms with Gasteiger partial charge in [-0.25, -0.2) is 0 Å². The van der Waals surface area contributed by atoms with Gasteiger partial charge in [0.1, 0.15) is 18.5 Å². The monoisotopic (exact) mass is 244 g/mol. The van der Waals surface area contributed by atoms with Crippen LogP contribution in [0.1, 0.15) is 0 Å². The lowest BCUT2D eigenvalue weighted by Crippen LogP contribution is -2.10. The molecule has 0 saturated carbocycles. The van der Waals surface area contributed by atoms with E-state index in [4.69, 9.17) is 14.2 Å². The Labute approximate surface area is 106 Å². The normalized spacial score (nSPS) is 17.9. The van der Waals surface area contributed by atoms with Crippen molar-refractivity contribution < 1.29 is 14.2 Å². The van der Waals surface area contributed by atoms with Crippen molar-refractivity contribution in [2.45, 2.75) is 6.10 Å². The topological polar surface area (TPSA) is 31.0 Å². The second-order valence-electron chi connectivity index (χ2n) is 4.39. The molecule has 2 aromatic carbocycles. The summed E-state index contributed by atoms with van der Waals surface area (Å²) in [6, 6.07) is 14.4. The van der Waals surface area contributed by atoms with Gasteiger partial charge in [-0.05, 0) is 22.9 Å². The minimum atomic E-state index is 0.325. The van der Waals surface area contributed by atoms with Crippen LogP contribution in [0.5, 0.6) is 5.75 Å². The van der Waals surface area contributed by atoms with Crippen LogP contribution < -0.4 is 4.74 Å². The van der Waals surface area contributed by atoms with Crippen LogP contribution in [0.25, 0.3) is 10.8 Å². The van der Waals surface area contributed by atoms with Crippen LogP contribution in [-0.2, 0) is 9.47 Å². The van der Waals surface area contributed by atoms with Gasteiger partial charge >= 0.3 is 0 Å². The number of rotatable bonds is 6. The molecule has 1 aliphatic heterocycles. The summed E-state index contributed by atoms with van der Waals surface area (Å²) in [5.41, 5.74) is 0. The van der Waals surface area contributed by atoms with E-state index in [9.17, 15) is 0 Å². The first-order chi connectivity index (χ1) is 8.92. The third-order valence-electron chi connectivity index (χ3n) is 2.92. The minimum Gasteiger partial charge on any atom is -0.491 e. The molecule has 3 nitrogen and oxygen atoms in total. The highest BCUT2D eigenvalue weighted by Gasteiger charge is 2.21. The van der Waals surface area contributed by atoms with Gasteiger partial charge in [-0.15, -0.1) is 0 Å². The number of benzene rings is 2. The zero-order valence-electron chi connectivity index (χ0n) is 10.2. The quantitative estimate of drug-likeness (QED) is 0.578. The molecule has 0 spiro atoms. The molecule has 1 aliphatic rings. The van der Waals surface area contributed by atoms with Crippen LogP contribution in [0, 0.1) is 0 Å². The summed E-state index contributed by atoms with van der Waals surface area (Å²) in [7, 11) is 0. The fourth-order valence-electron chi connectivity index (χ4n) is 1.85. The summed E-state index contributed by atoms with van der Waals surface area (Å²) in [5.74, 6) is 0.889. The van der Waals surface area contributed by atoms with E-state index >= 15 is 0 Å². The molecule has 2 aromatic rings. The SMILES string of the molecule is c1ccc2cc(OCCOCC3CO3)ccc2c1. The molecular weight excluding hydrogens is 228 g/mol. The lowest BCUT2D eigenvalue weighted by Gasteiger charge is -2.07. The largest absolute Gasteiger partial charge is 0.491 e. The Morgan fingerprint density at radius 1 is 1.06 bits per heavy atom. The van der Waals surface area contributed by atoms with Crippen LogP contribution in [-0.4, -0.2) is 32.5 Å². The predicted octanol–water partition coefficient (Wildman–Crippen LogP) is 2.63. The van der Waals surface area contributed by atoms with E-state index in [2.05, 4.69) is 24.3 Å². The summed E-state index contributed by atoms with van der Waals surface area (Å²) in [4.78, 5) is 0. The van der Waals surface area contributed by atoms with E-state index < -0.39 is 0 Å².